The number of aromatic nitrogens is 1. The summed E-state index contributed by atoms with van der Waals surface area (Å²) in [5, 5.41) is 34.9. The van der Waals surface area contributed by atoms with Gasteiger partial charge in [0.2, 0.25) is 5.52 Å². The number of ether oxygens (including phenoxy) is 2. The average molecular weight is 514 g/mol. The Morgan fingerprint density at radius 1 is 1.11 bits per heavy atom. The van der Waals surface area contributed by atoms with Gasteiger partial charge in [0.1, 0.15) is 11.9 Å². The number of aliphatic hydroxyl groups is 2. The predicted octanol–water partition coefficient (Wildman–Crippen LogP) is 3.77. The van der Waals surface area contributed by atoms with E-state index in [0.29, 0.717) is 17.5 Å². The van der Waals surface area contributed by atoms with Crippen molar-refractivity contribution in [3.8, 4) is 0 Å². The van der Waals surface area contributed by atoms with E-state index in [1.165, 1.54) is 6.20 Å². The Morgan fingerprint density at radius 3 is 2.57 bits per heavy atom. The molecular formula is C29H39NO7. The molecule has 2 aromatic rings. The van der Waals surface area contributed by atoms with Gasteiger partial charge in [-0.2, -0.15) is 4.73 Å². The maximum absolute atomic E-state index is 13.3. The smallest absolute Gasteiger partial charge is 0.309 e. The number of carbonyl (C=O) groups excluding carboxylic acids is 2. The third-order valence-electron chi connectivity index (χ3n) is 8.57. The number of epoxide rings is 1. The van der Waals surface area contributed by atoms with Crippen LogP contribution in [0, 0.1) is 22.5 Å². The number of rotatable bonds is 1. The van der Waals surface area contributed by atoms with Gasteiger partial charge < -0.3 is 24.9 Å². The normalized spacial score (nSPS) is 35.5. The van der Waals surface area contributed by atoms with Crippen molar-refractivity contribution in [3.05, 3.63) is 47.3 Å². The first-order valence-corrected chi connectivity index (χ1v) is 13.2. The van der Waals surface area contributed by atoms with Crippen molar-refractivity contribution < 1.29 is 34.0 Å². The van der Waals surface area contributed by atoms with Gasteiger partial charge in [-0.25, -0.2) is 0 Å². The minimum atomic E-state index is -1.28. The van der Waals surface area contributed by atoms with E-state index in [0.717, 1.165) is 29.4 Å². The van der Waals surface area contributed by atoms with E-state index in [1.807, 2.05) is 32.0 Å². The maximum Gasteiger partial charge on any atom is 0.309 e. The molecule has 2 saturated heterocycles. The summed E-state index contributed by atoms with van der Waals surface area (Å²) in [6.07, 6.45) is 0.853. The van der Waals surface area contributed by atoms with Crippen LogP contribution in [0.3, 0.4) is 0 Å². The largest absolute Gasteiger partial charge is 0.618 e. The van der Waals surface area contributed by atoms with Crippen LogP contribution in [0.1, 0.15) is 78.4 Å². The zero-order valence-electron chi connectivity index (χ0n) is 22.3. The molecule has 0 spiro atoms. The number of ketones is 1. The Kier molecular flexibility index (Phi) is 7.66. The zero-order chi connectivity index (χ0) is 27.1. The highest BCUT2D eigenvalue weighted by Crippen LogP contribution is 2.46. The van der Waals surface area contributed by atoms with Crippen molar-refractivity contribution in [3.63, 3.8) is 0 Å². The average Bonchev–Trinajstić information content (AvgIpc) is 3.49. The lowest BCUT2D eigenvalue weighted by atomic mass is 9.73. The molecule has 2 fully saturated rings. The molecule has 0 aliphatic carbocycles. The van der Waals surface area contributed by atoms with Crippen LogP contribution >= 0.6 is 0 Å². The van der Waals surface area contributed by atoms with Gasteiger partial charge in [0.05, 0.1) is 35.7 Å². The highest BCUT2D eigenvalue weighted by molar-refractivity contribution is 5.88. The van der Waals surface area contributed by atoms with Gasteiger partial charge in [-0.1, -0.05) is 40.2 Å². The van der Waals surface area contributed by atoms with Gasteiger partial charge in [-0.05, 0) is 43.4 Å². The lowest BCUT2D eigenvalue weighted by molar-refractivity contribution is -0.577. The van der Waals surface area contributed by atoms with E-state index in [-0.39, 0.29) is 29.8 Å². The van der Waals surface area contributed by atoms with Crippen LogP contribution in [-0.4, -0.2) is 45.9 Å². The number of carbonyl (C=O) groups is 2. The highest BCUT2D eigenvalue weighted by atomic mass is 16.6. The van der Waals surface area contributed by atoms with Crippen LogP contribution in [0.15, 0.2) is 36.5 Å². The van der Waals surface area contributed by atoms with Crippen LogP contribution in [0.2, 0.25) is 0 Å². The molecule has 1 aromatic carbocycles. The molecule has 202 valence electrons. The van der Waals surface area contributed by atoms with Crippen LogP contribution in [0.4, 0.5) is 0 Å². The monoisotopic (exact) mass is 513 g/mol. The standard InChI is InChI=1S/C29H39NO7/c1-17-8-6-12-29(5)24(37-29)15-22(20-11-10-19-9-7-13-30(35)21(19)14-20)36-25(32)16-23(31)28(3,4)27(34)18(2)26(17)33/h7,9-11,13-14,17-18,22-24,26,31,33H,6,8,12,15-16H2,1-5H3. The first kappa shape index (κ1) is 27.5. The molecule has 7 unspecified atom stereocenters. The molecule has 8 heteroatoms. The van der Waals surface area contributed by atoms with Crippen molar-refractivity contribution in [2.75, 3.05) is 0 Å². The minimum Gasteiger partial charge on any atom is -0.618 e. The molecule has 0 radical (unpaired) electrons. The first-order chi connectivity index (χ1) is 17.3. The van der Waals surface area contributed by atoms with E-state index >= 15 is 0 Å². The van der Waals surface area contributed by atoms with E-state index in [4.69, 9.17) is 9.47 Å². The van der Waals surface area contributed by atoms with Gasteiger partial charge in [-0.3, -0.25) is 9.59 Å². The quantitative estimate of drug-likeness (QED) is 0.257. The Hall–Kier alpha value is -2.55. The minimum absolute atomic E-state index is 0.102. The van der Waals surface area contributed by atoms with Crippen LogP contribution in [0.25, 0.3) is 10.9 Å². The Balaban J connectivity index is 1.64. The van der Waals surface area contributed by atoms with Gasteiger partial charge in [0.15, 0.2) is 6.20 Å². The fourth-order valence-electron chi connectivity index (χ4n) is 5.62. The number of esters is 1. The number of aliphatic hydroxyl groups excluding tert-OH is 2. The van der Waals surface area contributed by atoms with Crippen molar-refractivity contribution in [2.45, 2.75) is 96.7 Å². The van der Waals surface area contributed by atoms with E-state index in [1.54, 1.807) is 32.9 Å². The predicted molar refractivity (Wildman–Crippen MR) is 137 cm³/mol. The summed E-state index contributed by atoms with van der Waals surface area (Å²) in [6.45, 7) is 8.84. The summed E-state index contributed by atoms with van der Waals surface area (Å²) in [5.41, 5.74) is -0.479. The molecule has 0 saturated carbocycles. The summed E-state index contributed by atoms with van der Waals surface area (Å²) in [4.78, 5) is 26.3. The maximum atomic E-state index is 13.3. The SMILES string of the molecule is CC1CCCC2(C)OC2CC(c2ccc3ccc[n+]([O-])c3c2)OC(=O)CC(O)C(C)(C)C(=O)C(C)C1O. The number of benzene rings is 1. The number of hydrogen-bond donors (Lipinski definition) is 2. The van der Waals surface area contributed by atoms with E-state index < -0.39 is 35.6 Å². The number of pyridine rings is 1. The summed E-state index contributed by atoms with van der Waals surface area (Å²) in [7, 11) is 0. The molecule has 7 atom stereocenters. The van der Waals surface area contributed by atoms with Gasteiger partial charge in [0.25, 0.3) is 0 Å². The van der Waals surface area contributed by atoms with Gasteiger partial charge >= 0.3 is 5.97 Å². The number of fused-ring (bicyclic) bond motifs is 2. The first-order valence-electron chi connectivity index (χ1n) is 13.2. The lowest BCUT2D eigenvalue weighted by Gasteiger charge is -2.34. The molecule has 8 nitrogen and oxygen atoms in total. The van der Waals surface area contributed by atoms with Crippen molar-refractivity contribution in [2.24, 2.45) is 17.3 Å². The topological polar surface area (TPSA) is 123 Å². The summed E-state index contributed by atoms with van der Waals surface area (Å²) in [6, 6.07) is 8.91. The summed E-state index contributed by atoms with van der Waals surface area (Å²) in [5.74, 6) is -1.72. The lowest BCUT2D eigenvalue weighted by Crippen LogP contribution is -2.45. The van der Waals surface area contributed by atoms with Gasteiger partial charge in [0, 0.05) is 29.9 Å². The number of cyclic esters (lactones) is 1. The van der Waals surface area contributed by atoms with Crippen molar-refractivity contribution in [1.82, 2.24) is 0 Å². The highest BCUT2D eigenvalue weighted by Gasteiger charge is 2.53. The third-order valence-corrected chi connectivity index (χ3v) is 8.57. The summed E-state index contributed by atoms with van der Waals surface area (Å²) >= 11 is 0. The molecule has 1 aromatic heterocycles. The van der Waals surface area contributed by atoms with E-state index in [9.17, 15) is 25.0 Å². The van der Waals surface area contributed by atoms with Crippen molar-refractivity contribution >= 4 is 22.7 Å². The number of Topliss-reactive ketones (excluding diaryl/α,β-unsaturated/α-hetero) is 1. The second kappa shape index (κ2) is 10.3. The Labute approximate surface area is 218 Å². The second-order valence-electron chi connectivity index (χ2n) is 11.7. The molecule has 0 amide bonds. The Morgan fingerprint density at radius 2 is 1.84 bits per heavy atom. The third kappa shape index (κ3) is 5.66. The molecule has 2 aliphatic heterocycles. The van der Waals surface area contributed by atoms with Crippen molar-refractivity contribution in [1.29, 1.82) is 0 Å². The fourth-order valence-corrected chi connectivity index (χ4v) is 5.62. The molecule has 0 bridgehead atoms. The van der Waals surface area contributed by atoms with E-state index in [2.05, 4.69) is 0 Å². The number of hydrogen-bond acceptors (Lipinski definition) is 7. The summed E-state index contributed by atoms with van der Waals surface area (Å²) < 4.78 is 12.7. The zero-order valence-corrected chi connectivity index (χ0v) is 22.3. The molecule has 3 heterocycles. The molecular weight excluding hydrogens is 474 g/mol. The van der Waals surface area contributed by atoms with Crippen LogP contribution in [0.5, 0.6) is 0 Å². The molecule has 2 aliphatic rings. The van der Waals surface area contributed by atoms with Crippen LogP contribution in [-0.2, 0) is 19.1 Å². The molecule has 4 rings (SSSR count). The fraction of sp³-hybridized carbons (Fsp3) is 0.621. The second-order valence-corrected chi connectivity index (χ2v) is 11.7. The number of nitrogens with zero attached hydrogens (tertiary/aromatic N) is 1. The molecule has 37 heavy (non-hydrogen) atoms. The molecule has 2 N–H and O–H groups in total. The van der Waals surface area contributed by atoms with Gasteiger partial charge in [-0.15, -0.1) is 0 Å². The Bertz CT molecular complexity index is 1160. The van der Waals surface area contributed by atoms with Crippen LogP contribution < -0.4 is 4.73 Å².